The van der Waals surface area contributed by atoms with Crippen LogP contribution < -0.4 is 4.90 Å². The van der Waals surface area contributed by atoms with Crippen molar-refractivity contribution in [1.82, 2.24) is 9.80 Å². The summed E-state index contributed by atoms with van der Waals surface area (Å²) in [5, 5.41) is -0.515. The van der Waals surface area contributed by atoms with Crippen molar-refractivity contribution in [3.8, 4) is 0 Å². The standard InChI is InChI=1S/C20H25N3O4S2/c1-20(2,3)27-18(26)21-9-11-22(12-10-21)19(28)29-15-13-16(24)23(17(15)25)14-7-5-4-6-8-14/h4-8,15H,9-13H2,1-3H3/t15-/m0/s1. The van der Waals surface area contributed by atoms with Gasteiger partial charge in [-0.1, -0.05) is 42.2 Å². The Morgan fingerprint density at radius 2 is 1.66 bits per heavy atom. The van der Waals surface area contributed by atoms with E-state index in [0.717, 1.165) is 0 Å². The Hall–Kier alpha value is -2.13. The monoisotopic (exact) mass is 435 g/mol. The average molecular weight is 436 g/mol. The van der Waals surface area contributed by atoms with Gasteiger partial charge in [-0.25, -0.2) is 9.69 Å². The molecule has 9 heteroatoms. The molecule has 156 valence electrons. The van der Waals surface area contributed by atoms with Crippen LogP contribution in [-0.4, -0.2) is 69.1 Å². The number of nitrogens with zero attached hydrogens (tertiary/aromatic N) is 3. The molecule has 2 heterocycles. The van der Waals surface area contributed by atoms with Gasteiger partial charge in [-0.15, -0.1) is 0 Å². The molecule has 1 aromatic rings. The molecule has 0 bridgehead atoms. The Labute approximate surface area is 180 Å². The highest BCUT2D eigenvalue weighted by Crippen LogP contribution is 2.31. The number of imide groups is 1. The third-order valence-electron chi connectivity index (χ3n) is 4.55. The van der Waals surface area contributed by atoms with Crippen LogP contribution in [-0.2, 0) is 14.3 Å². The highest BCUT2D eigenvalue weighted by molar-refractivity contribution is 8.23. The van der Waals surface area contributed by atoms with Crippen molar-refractivity contribution < 1.29 is 19.1 Å². The molecule has 2 saturated heterocycles. The summed E-state index contributed by atoms with van der Waals surface area (Å²) < 4.78 is 5.98. The lowest BCUT2D eigenvalue weighted by Crippen LogP contribution is -2.51. The number of amides is 3. The Morgan fingerprint density at radius 1 is 1.07 bits per heavy atom. The molecule has 2 aliphatic rings. The molecule has 0 aliphatic carbocycles. The number of thiocarbonyl (C=S) groups is 1. The molecule has 0 N–H and O–H groups in total. The summed E-state index contributed by atoms with van der Waals surface area (Å²) in [6.45, 7) is 7.67. The Morgan fingerprint density at radius 3 is 2.24 bits per heavy atom. The minimum atomic E-state index is -0.528. The first-order valence-electron chi connectivity index (χ1n) is 9.51. The maximum absolute atomic E-state index is 12.7. The van der Waals surface area contributed by atoms with E-state index in [1.807, 2.05) is 31.7 Å². The summed E-state index contributed by atoms with van der Waals surface area (Å²) in [5.74, 6) is -0.447. The average Bonchev–Trinajstić information content (AvgIpc) is 2.94. The lowest BCUT2D eigenvalue weighted by molar-refractivity contribution is -0.121. The maximum Gasteiger partial charge on any atom is 0.410 e. The number of hydrogen-bond donors (Lipinski definition) is 0. The minimum Gasteiger partial charge on any atom is -0.444 e. The van der Waals surface area contributed by atoms with E-state index in [2.05, 4.69) is 0 Å². The quantitative estimate of drug-likeness (QED) is 0.523. The number of hydrogen-bond acceptors (Lipinski definition) is 6. The molecule has 1 aromatic carbocycles. The zero-order valence-corrected chi connectivity index (χ0v) is 18.4. The summed E-state index contributed by atoms with van der Waals surface area (Å²) in [4.78, 5) is 42.2. The van der Waals surface area contributed by atoms with Crippen LogP contribution in [0.2, 0.25) is 0 Å². The fourth-order valence-electron chi connectivity index (χ4n) is 3.14. The zero-order chi connectivity index (χ0) is 21.2. The molecule has 29 heavy (non-hydrogen) atoms. The van der Waals surface area contributed by atoms with E-state index in [0.29, 0.717) is 36.2 Å². The van der Waals surface area contributed by atoms with Crippen molar-refractivity contribution in [2.24, 2.45) is 0 Å². The van der Waals surface area contributed by atoms with Crippen molar-refractivity contribution in [1.29, 1.82) is 0 Å². The molecular formula is C20H25N3O4S2. The highest BCUT2D eigenvalue weighted by Gasteiger charge is 2.41. The van der Waals surface area contributed by atoms with Crippen LogP contribution in [0.25, 0.3) is 0 Å². The van der Waals surface area contributed by atoms with Crippen molar-refractivity contribution in [3.05, 3.63) is 30.3 Å². The Kier molecular flexibility index (Phi) is 6.48. The zero-order valence-electron chi connectivity index (χ0n) is 16.8. The molecular weight excluding hydrogens is 410 g/mol. The molecule has 0 radical (unpaired) electrons. The molecule has 0 aromatic heterocycles. The number of ether oxygens (including phenoxy) is 1. The number of rotatable bonds is 2. The summed E-state index contributed by atoms with van der Waals surface area (Å²) in [5.41, 5.74) is 0.0572. The Bertz CT molecular complexity index is 802. The molecule has 0 spiro atoms. The first kappa shape index (κ1) is 21.6. The highest BCUT2D eigenvalue weighted by atomic mass is 32.2. The van der Waals surface area contributed by atoms with Crippen LogP contribution >= 0.6 is 24.0 Å². The fraction of sp³-hybridized carbons (Fsp3) is 0.500. The second-order valence-corrected chi connectivity index (χ2v) is 9.77. The van der Waals surface area contributed by atoms with E-state index in [1.54, 1.807) is 29.2 Å². The van der Waals surface area contributed by atoms with Crippen LogP contribution in [0.15, 0.2) is 30.3 Å². The number of thioether (sulfide) groups is 1. The predicted molar refractivity (Wildman–Crippen MR) is 117 cm³/mol. The molecule has 2 aliphatic heterocycles. The first-order valence-corrected chi connectivity index (χ1v) is 10.8. The molecule has 3 rings (SSSR count). The second kappa shape index (κ2) is 8.71. The first-order chi connectivity index (χ1) is 13.7. The van der Waals surface area contributed by atoms with Gasteiger partial charge in [-0.05, 0) is 32.9 Å². The van der Waals surface area contributed by atoms with Crippen molar-refractivity contribution in [2.75, 3.05) is 31.1 Å². The minimum absolute atomic E-state index is 0.135. The van der Waals surface area contributed by atoms with Crippen LogP contribution in [0, 0.1) is 0 Å². The third-order valence-corrected chi connectivity index (χ3v) is 6.21. The van der Waals surface area contributed by atoms with E-state index in [1.165, 1.54) is 16.7 Å². The van der Waals surface area contributed by atoms with Crippen molar-refractivity contribution >= 4 is 51.9 Å². The number of carbonyl (C=O) groups excluding carboxylic acids is 3. The summed E-state index contributed by atoms with van der Waals surface area (Å²) >= 11 is 6.78. The summed E-state index contributed by atoms with van der Waals surface area (Å²) in [6.07, 6.45) is -0.193. The largest absolute Gasteiger partial charge is 0.444 e. The number of anilines is 1. The van der Waals surface area contributed by atoms with Crippen LogP contribution in [0.3, 0.4) is 0 Å². The van der Waals surface area contributed by atoms with Gasteiger partial charge in [0.05, 0.1) is 5.69 Å². The molecule has 3 amide bonds. The normalized spacial score (nSPS) is 20.2. The molecule has 2 fully saturated rings. The van der Waals surface area contributed by atoms with Gasteiger partial charge in [0.15, 0.2) is 0 Å². The molecule has 7 nitrogen and oxygen atoms in total. The molecule has 0 saturated carbocycles. The third kappa shape index (κ3) is 5.27. The van der Waals surface area contributed by atoms with E-state index < -0.39 is 10.9 Å². The summed E-state index contributed by atoms with van der Waals surface area (Å²) in [6, 6.07) is 8.93. The molecule has 1 atom stereocenters. The lowest BCUT2D eigenvalue weighted by atomic mass is 10.2. The van der Waals surface area contributed by atoms with Gasteiger partial charge < -0.3 is 14.5 Å². The van der Waals surface area contributed by atoms with Gasteiger partial charge >= 0.3 is 6.09 Å². The van der Waals surface area contributed by atoms with Gasteiger partial charge in [-0.2, -0.15) is 0 Å². The number of para-hydroxylation sites is 1. The van der Waals surface area contributed by atoms with Gasteiger partial charge in [0.2, 0.25) is 11.8 Å². The number of carbonyl (C=O) groups is 3. The van der Waals surface area contributed by atoms with E-state index >= 15 is 0 Å². The SMILES string of the molecule is CC(C)(C)OC(=O)N1CCN(C(=S)S[C@H]2CC(=O)N(c3ccccc3)C2=O)CC1. The predicted octanol–water partition coefficient (Wildman–Crippen LogP) is 2.89. The van der Waals surface area contributed by atoms with Crippen LogP contribution in [0.1, 0.15) is 27.2 Å². The van der Waals surface area contributed by atoms with Gasteiger partial charge in [0.1, 0.15) is 15.2 Å². The van der Waals surface area contributed by atoms with E-state index in [4.69, 9.17) is 17.0 Å². The summed E-state index contributed by atoms with van der Waals surface area (Å²) in [7, 11) is 0. The van der Waals surface area contributed by atoms with E-state index in [-0.39, 0.29) is 24.3 Å². The van der Waals surface area contributed by atoms with Crippen molar-refractivity contribution in [3.63, 3.8) is 0 Å². The maximum atomic E-state index is 12.7. The van der Waals surface area contributed by atoms with Crippen molar-refractivity contribution in [2.45, 2.75) is 38.0 Å². The smallest absolute Gasteiger partial charge is 0.410 e. The number of benzene rings is 1. The Balaban J connectivity index is 1.53. The topological polar surface area (TPSA) is 70.2 Å². The van der Waals surface area contributed by atoms with Crippen LogP contribution in [0.5, 0.6) is 0 Å². The van der Waals surface area contributed by atoms with Gasteiger partial charge in [0, 0.05) is 32.6 Å². The van der Waals surface area contributed by atoms with Crippen LogP contribution in [0.4, 0.5) is 10.5 Å². The number of piperazine rings is 1. The molecule has 0 unspecified atom stereocenters. The van der Waals surface area contributed by atoms with Gasteiger partial charge in [0.25, 0.3) is 0 Å². The van der Waals surface area contributed by atoms with Gasteiger partial charge in [-0.3, -0.25) is 9.59 Å². The van der Waals surface area contributed by atoms with E-state index in [9.17, 15) is 14.4 Å². The second-order valence-electron chi connectivity index (χ2n) is 7.93. The fourth-order valence-corrected chi connectivity index (χ4v) is 4.68. The lowest BCUT2D eigenvalue weighted by Gasteiger charge is -2.36.